The zero-order chi connectivity index (χ0) is 21.2. The molecular formula is C20H22N2O6S. The molecule has 8 nitrogen and oxygen atoms in total. The van der Waals surface area contributed by atoms with E-state index in [1.165, 1.54) is 11.4 Å². The summed E-state index contributed by atoms with van der Waals surface area (Å²) in [6, 6.07) is 11.6. The summed E-state index contributed by atoms with van der Waals surface area (Å²) in [5.74, 6) is -0.755. The molecule has 0 spiro atoms. The van der Waals surface area contributed by atoms with Crippen molar-refractivity contribution >= 4 is 33.3 Å². The third-order valence-electron chi connectivity index (χ3n) is 4.53. The van der Waals surface area contributed by atoms with Gasteiger partial charge in [-0.25, -0.2) is 13.2 Å². The highest BCUT2D eigenvalue weighted by Gasteiger charge is 2.31. The number of carbonyl (C=O) groups is 2. The standard InChI is InChI=1S/C20H22N2O6S/c1-13-8-9-17-16(12-13)22(29(3,25)26)11-10-18(28-17)19(23)21-15-7-5-4-6-14(15)20(24)27-2/h4-9,12,18H,10-11H2,1-3H3,(H,21,23). The van der Waals surface area contributed by atoms with E-state index in [1.54, 1.807) is 42.5 Å². The van der Waals surface area contributed by atoms with Crippen LogP contribution in [0.25, 0.3) is 0 Å². The van der Waals surface area contributed by atoms with Crippen LogP contribution in [-0.2, 0) is 19.6 Å². The van der Waals surface area contributed by atoms with Crippen molar-refractivity contribution < 1.29 is 27.5 Å². The summed E-state index contributed by atoms with van der Waals surface area (Å²) < 4.78 is 36.3. The van der Waals surface area contributed by atoms with E-state index in [1.807, 2.05) is 6.92 Å². The third-order valence-corrected chi connectivity index (χ3v) is 5.71. The molecule has 9 heteroatoms. The quantitative estimate of drug-likeness (QED) is 0.765. The first-order chi connectivity index (χ1) is 13.7. The molecular weight excluding hydrogens is 396 g/mol. The average molecular weight is 418 g/mol. The molecule has 1 amide bonds. The van der Waals surface area contributed by atoms with Crippen molar-refractivity contribution in [2.45, 2.75) is 19.4 Å². The first kappa shape index (κ1) is 20.7. The molecule has 0 bridgehead atoms. The monoisotopic (exact) mass is 418 g/mol. The van der Waals surface area contributed by atoms with Gasteiger partial charge in [0.1, 0.15) is 5.75 Å². The number of hydrogen-bond acceptors (Lipinski definition) is 6. The van der Waals surface area contributed by atoms with E-state index >= 15 is 0 Å². The Balaban J connectivity index is 1.89. The summed E-state index contributed by atoms with van der Waals surface area (Å²) >= 11 is 0. The van der Waals surface area contributed by atoms with Crippen molar-refractivity contribution in [1.82, 2.24) is 0 Å². The fourth-order valence-electron chi connectivity index (χ4n) is 3.11. The molecule has 1 aliphatic heterocycles. The normalized spacial score (nSPS) is 16.2. The topological polar surface area (TPSA) is 102 Å². The molecule has 0 aliphatic carbocycles. The molecule has 1 aliphatic rings. The second-order valence-corrected chi connectivity index (χ2v) is 8.63. The van der Waals surface area contributed by atoms with Gasteiger partial charge in [-0.05, 0) is 36.8 Å². The largest absolute Gasteiger partial charge is 0.478 e. The summed E-state index contributed by atoms with van der Waals surface area (Å²) in [4.78, 5) is 24.8. The molecule has 1 unspecified atom stereocenters. The minimum atomic E-state index is -3.55. The molecule has 2 aromatic rings. The molecule has 0 fully saturated rings. The SMILES string of the molecule is COC(=O)c1ccccc1NC(=O)C1CCN(S(C)(=O)=O)c2cc(C)ccc2O1. The number of ether oxygens (including phenoxy) is 2. The van der Waals surface area contributed by atoms with Gasteiger partial charge in [0.15, 0.2) is 6.10 Å². The number of esters is 1. The second kappa shape index (κ2) is 8.12. The second-order valence-electron chi connectivity index (χ2n) is 6.73. The number of sulfonamides is 1. The van der Waals surface area contributed by atoms with Crippen LogP contribution >= 0.6 is 0 Å². The van der Waals surface area contributed by atoms with Crippen LogP contribution in [0.5, 0.6) is 5.75 Å². The zero-order valence-electron chi connectivity index (χ0n) is 16.3. The minimum Gasteiger partial charge on any atom is -0.478 e. The molecule has 1 heterocycles. The number of para-hydroxylation sites is 1. The Bertz CT molecular complexity index is 1050. The van der Waals surface area contributed by atoms with Gasteiger partial charge in [-0.15, -0.1) is 0 Å². The molecule has 154 valence electrons. The van der Waals surface area contributed by atoms with Gasteiger partial charge in [-0.3, -0.25) is 9.10 Å². The van der Waals surface area contributed by atoms with Gasteiger partial charge in [-0.2, -0.15) is 0 Å². The van der Waals surface area contributed by atoms with Gasteiger partial charge in [0, 0.05) is 13.0 Å². The maximum absolute atomic E-state index is 12.9. The molecule has 1 N–H and O–H groups in total. The summed E-state index contributed by atoms with van der Waals surface area (Å²) in [7, 11) is -2.29. The zero-order valence-corrected chi connectivity index (χ0v) is 17.2. The number of benzene rings is 2. The maximum atomic E-state index is 12.9. The van der Waals surface area contributed by atoms with Crippen LogP contribution < -0.4 is 14.4 Å². The van der Waals surface area contributed by atoms with Crippen LogP contribution in [0, 0.1) is 6.92 Å². The summed E-state index contributed by atoms with van der Waals surface area (Å²) in [5.41, 5.74) is 1.78. The Morgan fingerprint density at radius 3 is 2.62 bits per heavy atom. The van der Waals surface area contributed by atoms with Gasteiger partial charge in [0.2, 0.25) is 10.0 Å². The maximum Gasteiger partial charge on any atom is 0.339 e. The molecule has 0 saturated heterocycles. The number of hydrogen-bond donors (Lipinski definition) is 1. The highest BCUT2D eigenvalue weighted by Crippen LogP contribution is 2.35. The predicted molar refractivity (Wildman–Crippen MR) is 109 cm³/mol. The fraction of sp³-hybridized carbons (Fsp3) is 0.300. The van der Waals surface area contributed by atoms with Gasteiger partial charge < -0.3 is 14.8 Å². The number of methoxy groups -OCH3 is 1. The van der Waals surface area contributed by atoms with E-state index in [0.29, 0.717) is 17.1 Å². The van der Waals surface area contributed by atoms with Gasteiger partial charge >= 0.3 is 5.97 Å². The van der Waals surface area contributed by atoms with Gasteiger partial charge in [0.05, 0.1) is 30.3 Å². The van der Waals surface area contributed by atoms with Gasteiger partial charge in [-0.1, -0.05) is 18.2 Å². The smallest absolute Gasteiger partial charge is 0.339 e. The number of amides is 1. The Kier molecular flexibility index (Phi) is 5.78. The molecule has 2 aromatic carbocycles. The lowest BCUT2D eigenvalue weighted by molar-refractivity contribution is -0.122. The minimum absolute atomic E-state index is 0.0893. The molecule has 0 radical (unpaired) electrons. The van der Waals surface area contributed by atoms with Crippen molar-refractivity contribution in [3.63, 3.8) is 0 Å². The molecule has 3 rings (SSSR count). The Morgan fingerprint density at radius 2 is 1.93 bits per heavy atom. The van der Waals surface area contributed by atoms with Crippen molar-refractivity contribution in [1.29, 1.82) is 0 Å². The number of rotatable bonds is 4. The van der Waals surface area contributed by atoms with Crippen molar-refractivity contribution in [2.24, 2.45) is 0 Å². The van der Waals surface area contributed by atoms with Crippen LogP contribution in [-0.4, -0.2) is 46.3 Å². The predicted octanol–water partition coefficient (Wildman–Crippen LogP) is 2.34. The number of fused-ring (bicyclic) bond motifs is 1. The molecule has 1 atom stereocenters. The summed E-state index contributed by atoms with van der Waals surface area (Å²) in [5, 5.41) is 2.69. The van der Waals surface area contributed by atoms with E-state index < -0.39 is 28.0 Å². The molecule has 0 aromatic heterocycles. The van der Waals surface area contributed by atoms with Crippen molar-refractivity contribution in [3.8, 4) is 5.75 Å². The Morgan fingerprint density at radius 1 is 1.21 bits per heavy atom. The van der Waals surface area contributed by atoms with E-state index in [-0.39, 0.29) is 18.5 Å². The lowest BCUT2D eigenvalue weighted by Gasteiger charge is -2.21. The molecule has 29 heavy (non-hydrogen) atoms. The number of nitrogens with one attached hydrogen (secondary N) is 1. The first-order valence-electron chi connectivity index (χ1n) is 8.94. The number of nitrogens with zero attached hydrogens (tertiary/aromatic N) is 1. The average Bonchev–Trinajstić information content (AvgIpc) is 2.87. The number of carbonyl (C=O) groups excluding carboxylic acids is 2. The van der Waals surface area contributed by atoms with E-state index in [0.717, 1.165) is 11.8 Å². The van der Waals surface area contributed by atoms with Crippen LogP contribution in [0.2, 0.25) is 0 Å². The lowest BCUT2D eigenvalue weighted by atomic mass is 10.1. The van der Waals surface area contributed by atoms with E-state index in [9.17, 15) is 18.0 Å². The lowest BCUT2D eigenvalue weighted by Crippen LogP contribution is -2.36. The van der Waals surface area contributed by atoms with Crippen LogP contribution in [0.3, 0.4) is 0 Å². The Labute approximate surface area is 169 Å². The third kappa shape index (κ3) is 4.51. The van der Waals surface area contributed by atoms with E-state index in [2.05, 4.69) is 5.32 Å². The van der Waals surface area contributed by atoms with Gasteiger partial charge in [0.25, 0.3) is 5.91 Å². The molecule has 0 saturated carbocycles. The highest BCUT2D eigenvalue weighted by atomic mass is 32.2. The van der Waals surface area contributed by atoms with Crippen LogP contribution in [0.15, 0.2) is 42.5 Å². The van der Waals surface area contributed by atoms with Crippen LogP contribution in [0.4, 0.5) is 11.4 Å². The fourth-order valence-corrected chi connectivity index (χ4v) is 4.05. The Hall–Kier alpha value is -3.07. The first-order valence-corrected chi connectivity index (χ1v) is 10.8. The van der Waals surface area contributed by atoms with Crippen LogP contribution in [0.1, 0.15) is 22.3 Å². The van der Waals surface area contributed by atoms with E-state index in [4.69, 9.17) is 9.47 Å². The highest BCUT2D eigenvalue weighted by molar-refractivity contribution is 7.92. The number of aryl methyl sites for hydroxylation is 1. The van der Waals surface area contributed by atoms with Crippen molar-refractivity contribution in [2.75, 3.05) is 29.5 Å². The number of anilines is 2. The summed E-state index contributed by atoms with van der Waals surface area (Å²) in [6.07, 6.45) is 0.327. The van der Waals surface area contributed by atoms with Crippen molar-refractivity contribution in [3.05, 3.63) is 53.6 Å². The summed E-state index contributed by atoms with van der Waals surface area (Å²) in [6.45, 7) is 1.94.